The van der Waals surface area contributed by atoms with Crippen LogP contribution < -0.4 is 10.1 Å². The molecule has 4 rings (SSSR count). The predicted molar refractivity (Wildman–Crippen MR) is 129 cm³/mol. The van der Waals surface area contributed by atoms with Crippen LogP contribution in [0.1, 0.15) is 16.7 Å². The SMILES string of the molecule is COc1cccc(CN2CCN(C(=S)Nc3cnn(Cc4ccc(C)cc4)c3)CC2)c1. The molecule has 0 bridgehead atoms. The number of piperazine rings is 1. The van der Waals surface area contributed by atoms with Crippen LogP contribution in [0, 0.1) is 6.92 Å². The first-order chi connectivity index (χ1) is 15.1. The van der Waals surface area contributed by atoms with Crippen molar-refractivity contribution in [1.29, 1.82) is 0 Å². The van der Waals surface area contributed by atoms with Gasteiger partial charge in [-0.2, -0.15) is 5.10 Å². The van der Waals surface area contributed by atoms with Gasteiger partial charge < -0.3 is 15.0 Å². The normalized spacial score (nSPS) is 14.5. The summed E-state index contributed by atoms with van der Waals surface area (Å²) in [5.41, 5.74) is 4.70. The average Bonchev–Trinajstić information content (AvgIpc) is 3.22. The lowest BCUT2D eigenvalue weighted by atomic mass is 10.1. The Morgan fingerprint density at radius 3 is 2.55 bits per heavy atom. The lowest BCUT2D eigenvalue weighted by Crippen LogP contribution is -2.49. The van der Waals surface area contributed by atoms with E-state index in [1.807, 2.05) is 29.2 Å². The fourth-order valence-electron chi connectivity index (χ4n) is 3.74. The zero-order valence-corrected chi connectivity index (χ0v) is 18.9. The molecular formula is C24H29N5OS. The summed E-state index contributed by atoms with van der Waals surface area (Å²) in [5.74, 6) is 0.907. The second-order valence-corrected chi connectivity index (χ2v) is 8.34. The van der Waals surface area contributed by atoms with Gasteiger partial charge in [0.1, 0.15) is 5.75 Å². The van der Waals surface area contributed by atoms with Gasteiger partial charge in [0.2, 0.25) is 0 Å². The van der Waals surface area contributed by atoms with Crippen molar-refractivity contribution in [2.75, 3.05) is 38.6 Å². The highest BCUT2D eigenvalue weighted by molar-refractivity contribution is 7.80. The fourth-order valence-corrected chi connectivity index (χ4v) is 4.04. The van der Waals surface area contributed by atoms with Crippen LogP contribution in [0.15, 0.2) is 60.9 Å². The highest BCUT2D eigenvalue weighted by atomic mass is 32.1. The molecule has 1 aromatic heterocycles. The van der Waals surface area contributed by atoms with Crippen LogP contribution in [0.3, 0.4) is 0 Å². The summed E-state index contributed by atoms with van der Waals surface area (Å²) in [7, 11) is 1.71. The number of nitrogens with zero attached hydrogens (tertiary/aromatic N) is 4. The van der Waals surface area contributed by atoms with Crippen molar-refractivity contribution >= 4 is 23.0 Å². The number of nitrogens with one attached hydrogen (secondary N) is 1. The second-order valence-electron chi connectivity index (χ2n) is 7.96. The molecule has 2 heterocycles. The van der Waals surface area contributed by atoms with Gasteiger partial charge in [0.25, 0.3) is 0 Å². The van der Waals surface area contributed by atoms with E-state index in [0.29, 0.717) is 0 Å². The maximum absolute atomic E-state index is 5.65. The van der Waals surface area contributed by atoms with E-state index in [4.69, 9.17) is 17.0 Å². The van der Waals surface area contributed by atoms with Crippen molar-refractivity contribution in [3.05, 3.63) is 77.6 Å². The van der Waals surface area contributed by atoms with Gasteiger partial charge in [0.05, 0.1) is 25.5 Å². The Kier molecular flexibility index (Phi) is 6.84. The summed E-state index contributed by atoms with van der Waals surface area (Å²) < 4.78 is 7.26. The molecule has 31 heavy (non-hydrogen) atoms. The lowest BCUT2D eigenvalue weighted by Gasteiger charge is -2.36. The molecule has 0 amide bonds. The van der Waals surface area contributed by atoms with E-state index in [-0.39, 0.29) is 0 Å². The zero-order chi connectivity index (χ0) is 21.6. The van der Waals surface area contributed by atoms with Gasteiger partial charge >= 0.3 is 0 Å². The molecule has 1 aliphatic rings. The maximum atomic E-state index is 5.65. The number of benzene rings is 2. The van der Waals surface area contributed by atoms with Crippen molar-refractivity contribution in [1.82, 2.24) is 19.6 Å². The molecule has 6 nitrogen and oxygen atoms in total. The largest absolute Gasteiger partial charge is 0.497 e. The number of methoxy groups -OCH3 is 1. The van der Waals surface area contributed by atoms with Gasteiger partial charge in [-0.3, -0.25) is 9.58 Å². The third-order valence-corrected chi connectivity index (χ3v) is 5.91. The summed E-state index contributed by atoms with van der Waals surface area (Å²) in [6.07, 6.45) is 3.84. The van der Waals surface area contributed by atoms with Crippen LogP contribution in [0.25, 0.3) is 0 Å². The Labute approximate surface area is 189 Å². The number of rotatable bonds is 6. The average molecular weight is 436 g/mol. The number of aromatic nitrogens is 2. The second kappa shape index (κ2) is 9.94. The smallest absolute Gasteiger partial charge is 0.173 e. The molecule has 1 aliphatic heterocycles. The standard InChI is InChI=1S/C24H29N5OS/c1-19-6-8-20(9-7-19)17-29-18-22(15-25-29)26-24(31)28-12-10-27(11-13-28)16-21-4-3-5-23(14-21)30-2/h3-9,14-15,18H,10-13,16-17H2,1-2H3,(H,26,31). The molecule has 1 saturated heterocycles. The summed E-state index contributed by atoms with van der Waals surface area (Å²) in [5, 5.41) is 8.57. The number of aryl methyl sites for hydroxylation is 1. The van der Waals surface area contributed by atoms with E-state index in [0.717, 1.165) is 55.8 Å². The molecular weight excluding hydrogens is 406 g/mol. The summed E-state index contributed by atoms with van der Waals surface area (Å²) in [4.78, 5) is 4.68. The van der Waals surface area contributed by atoms with Gasteiger partial charge in [0, 0.05) is 38.9 Å². The van der Waals surface area contributed by atoms with Gasteiger partial charge in [-0.05, 0) is 42.4 Å². The molecule has 3 aromatic rings. The van der Waals surface area contributed by atoms with Gasteiger partial charge in [-0.1, -0.05) is 42.0 Å². The van der Waals surface area contributed by atoms with Crippen LogP contribution in [0.4, 0.5) is 5.69 Å². The van der Waals surface area contributed by atoms with Crippen molar-refractivity contribution in [3.8, 4) is 5.75 Å². The Hall–Kier alpha value is -2.90. The molecule has 0 aliphatic carbocycles. The lowest BCUT2D eigenvalue weighted by molar-refractivity contribution is 0.177. The molecule has 0 saturated carbocycles. The van der Waals surface area contributed by atoms with Crippen LogP contribution >= 0.6 is 12.2 Å². The van der Waals surface area contributed by atoms with Crippen LogP contribution in [0.5, 0.6) is 5.75 Å². The highest BCUT2D eigenvalue weighted by Gasteiger charge is 2.19. The molecule has 162 valence electrons. The number of hydrogen-bond acceptors (Lipinski definition) is 4. The Balaban J connectivity index is 1.25. The zero-order valence-electron chi connectivity index (χ0n) is 18.1. The third kappa shape index (κ3) is 5.83. The highest BCUT2D eigenvalue weighted by Crippen LogP contribution is 2.16. The molecule has 2 aromatic carbocycles. The minimum Gasteiger partial charge on any atom is -0.497 e. The molecule has 1 N–H and O–H groups in total. The first-order valence-corrected chi connectivity index (χ1v) is 11.0. The van der Waals surface area contributed by atoms with Crippen molar-refractivity contribution < 1.29 is 4.74 Å². The first kappa shape index (κ1) is 21.3. The van der Waals surface area contributed by atoms with Crippen molar-refractivity contribution in [2.24, 2.45) is 0 Å². The molecule has 7 heteroatoms. The van der Waals surface area contributed by atoms with Crippen molar-refractivity contribution in [3.63, 3.8) is 0 Å². The molecule has 0 spiro atoms. The quantitative estimate of drug-likeness (QED) is 0.595. The Morgan fingerprint density at radius 1 is 1.03 bits per heavy atom. The maximum Gasteiger partial charge on any atom is 0.173 e. The topological polar surface area (TPSA) is 45.6 Å². The van der Waals surface area contributed by atoms with Gasteiger partial charge in [-0.25, -0.2) is 0 Å². The van der Waals surface area contributed by atoms with E-state index in [1.165, 1.54) is 16.7 Å². The van der Waals surface area contributed by atoms with Gasteiger partial charge in [-0.15, -0.1) is 0 Å². The first-order valence-electron chi connectivity index (χ1n) is 10.6. The monoisotopic (exact) mass is 435 g/mol. The summed E-state index contributed by atoms with van der Waals surface area (Å²) in [6.45, 7) is 7.55. The van der Waals surface area contributed by atoms with E-state index in [2.05, 4.69) is 63.5 Å². The number of hydrogen-bond donors (Lipinski definition) is 1. The van der Waals surface area contributed by atoms with Crippen molar-refractivity contribution in [2.45, 2.75) is 20.0 Å². The minimum absolute atomic E-state index is 0.748. The van der Waals surface area contributed by atoms with Gasteiger partial charge in [0.15, 0.2) is 5.11 Å². The molecule has 1 fully saturated rings. The number of thiocarbonyl (C=S) groups is 1. The van der Waals surface area contributed by atoms with E-state index in [1.54, 1.807) is 7.11 Å². The molecule has 0 unspecified atom stereocenters. The number of anilines is 1. The summed E-state index contributed by atoms with van der Waals surface area (Å²) in [6, 6.07) is 16.8. The number of ether oxygens (including phenoxy) is 1. The van der Waals surface area contributed by atoms with Crippen LogP contribution in [-0.4, -0.2) is 58.0 Å². The van der Waals surface area contributed by atoms with E-state index >= 15 is 0 Å². The fraction of sp³-hybridized carbons (Fsp3) is 0.333. The predicted octanol–water partition coefficient (Wildman–Crippen LogP) is 3.76. The third-order valence-electron chi connectivity index (χ3n) is 5.55. The van der Waals surface area contributed by atoms with E-state index < -0.39 is 0 Å². The van der Waals surface area contributed by atoms with Crippen LogP contribution in [0.2, 0.25) is 0 Å². The Bertz CT molecular complexity index is 1010. The molecule has 0 atom stereocenters. The van der Waals surface area contributed by atoms with E-state index in [9.17, 15) is 0 Å². The molecule has 0 radical (unpaired) electrons. The van der Waals surface area contributed by atoms with Crippen LogP contribution in [-0.2, 0) is 13.1 Å². The summed E-state index contributed by atoms with van der Waals surface area (Å²) >= 11 is 5.65. The Morgan fingerprint density at radius 2 is 1.81 bits per heavy atom. The minimum atomic E-state index is 0.748.